The molecule has 1 N–H and O–H groups in total. The molecule has 0 saturated heterocycles. The van der Waals surface area contributed by atoms with Gasteiger partial charge in [-0.15, -0.1) is 0 Å². The van der Waals surface area contributed by atoms with Crippen molar-refractivity contribution < 1.29 is 23.1 Å². The molecular formula is C18H21NO5S. The van der Waals surface area contributed by atoms with Crippen LogP contribution in [0.1, 0.15) is 18.9 Å². The van der Waals surface area contributed by atoms with E-state index in [2.05, 4.69) is 0 Å². The zero-order valence-corrected chi connectivity index (χ0v) is 15.2. The minimum absolute atomic E-state index is 0.117. The highest BCUT2D eigenvalue weighted by molar-refractivity contribution is 7.92. The van der Waals surface area contributed by atoms with Crippen LogP contribution in [0.5, 0.6) is 5.75 Å². The molecule has 134 valence electrons. The average molecular weight is 363 g/mol. The highest BCUT2D eigenvalue weighted by atomic mass is 32.2. The van der Waals surface area contributed by atoms with Gasteiger partial charge < -0.3 is 9.84 Å². The zero-order valence-electron chi connectivity index (χ0n) is 14.3. The standard InChI is InChI=1S/C18H21NO5S/c1-13-4-10-17(11-5-13)25(22,23)19(14(2)12-18(20)21)15-6-8-16(24-3)9-7-15/h4-11,14H,12H2,1-3H3,(H,20,21). The molecular weight excluding hydrogens is 342 g/mol. The van der Waals surface area contributed by atoms with E-state index in [1.165, 1.54) is 19.2 Å². The highest BCUT2D eigenvalue weighted by Crippen LogP contribution is 2.29. The Morgan fingerprint density at radius 1 is 1.12 bits per heavy atom. The molecule has 1 atom stereocenters. The molecule has 7 heteroatoms. The van der Waals surface area contributed by atoms with Crippen molar-refractivity contribution in [2.24, 2.45) is 0 Å². The third kappa shape index (κ3) is 4.30. The maximum absolute atomic E-state index is 13.1. The number of benzene rings is 2. The predicted octanol–water partition coefficient (Wildman–Crippen LogP) is 3.06. The number of rotatable bonds is 7. The molecule has 25 heavy (non-hydrogen) atoms. The Hall–Kier alpha value is -2.54. The molecule has 2 aromatic carbocycles. The molecule has 2 aromatic rings. The first kappa shape index (κ1) is 18.8. The summed E-state index contributed by atoms with van der Waals surface area (Å²) >= 11 is 0. The zero-order chi connectivity index (χ0) is 18.6. The van der Waals surface area contributed by atoms with E-state index >= 15 is 0 Å². The van der Waals surface area contributed by atoms with E-state index in [9.17, 15) is 13.2 Å². The maximum atomic E-state index is 13.1. The van der Waals surface area contributed by atoms with Crippen LogP contribution < -0.4 is 9.04 Å². The Morgan fingerprint density at radius 3 is 2.16 bits per heavy atom. The number of hydrogen-bond donors (Lipinski definition) is 1. The van der Waals surface area contributed by atoms with Crippen molar-refractivity contribution >= 4 is 21.7 Å². The van der Waals surface area contributed by atoms with E-state index in [1.807, 2.05) is 6.92 Å². The minimum atomic E-state index is -3.91. The lowest BCUT2D eigenvalue weighted by atomic mass is 10.2. The molecule has 0 aliphatic rings. The molecule has 6 nitrogen and oxygen atoms in total. The van der Waals surface area contributed by atoms with Gasteiger partial charge in [-0.2, -0.15) is 0 Å². The molecule has 0 heterocycles. The van der Waals surface area contributed by atoms with Gasteiger partial charge in [0.05, 0.1) is 30.2 Å². The van der Waals surface area contributed by atoms with Gasteiger partial charge >= 0.3 is 5.97 Å². The number of hydrogen-bond acceptors (Lipinski definition) is 4. The van der Waals surface area contributed by atoms with Gasteiger partial charge in [0.1, 0.15) is 5.75 Å². The first-order valence-corrected chi connectivity index (χ1v) is 9.16. The maximum Gasteiger partial charge on any atom is 0.305 e. The molecule has 0 aliphatic heterocycles. The summed E-state index contributed by atoms with van der Waals surface area (Å²) in [6.07, 6.45) is -0.308. The van der Waals surface area contributed by atoms with Gasteiger partial charge in [-0.05, 0) is 50.2 Å². The normalized spacial score (nSPS) is 12.4. The quantitative estimate of drug-likeness (QED) is 0.817. The molecule has 0 radical (unpaired) electrons. The van der Waals surface area contributed by atoms with E-state index in [0.717, 1.165) is 9.87 Å². The summed E-state index contributed by atoms with van der Waals surface area (Å²) in [6, 6.07) is 12.2. The van der Waals surface area contributed by atoms with Crippen LogP contribution in [0, 0.1) is 6.92 Å². The number of aliphatic carboxylic acids is 1. The Kier molecular flexibility index (Phi) is 5.69. The Balaban J connectivity index is 2.52. The smallest absolute Gasteiger partial charge is 0.305 e. The highest BCUT2D eigenvalue weighted by Gasteiger charge is 2.30. The number of carboxylic acids is 1. The van der Waals surface area contributed by atoms with Crippen LogP contribution in [-0.4, -0.2) is 32.6 Å². The molecule has 0 fully saturated rings. The van der Waals surface area contributed by atoms with Crippen molar-refractivity contribution in [3.63, 3.8) is 0 Å². The van der Waals surface area contributed by atoms with Gasteiger partial charge in [0, 0.05) is 0 Å². The number of anilines is 1. The van der Waals surface area contributed by atoms with Gasteiger partial charge in [0.15, 0.2) is 0 Å². The van der Waals surface area contributed by atoms with Crippen LogP contribution >= 0.6 is 0 Å². The van der Waals surface area contributed by atoms with Crippen LogP contribution in [0.4, 0.5) is 5.69 Å². The van der Waals surface area contributed by atoms with E-state index < -0.39 is 22.0 Å². The number of methoxy groups -OCH3 is 1. The third-order valence-corrected chi connectivity index (χ3v) is 5.73. The fourth-order valence-corrected chi connectivity index (χ4v) is 4.17. The number of carboxylic acid groups (broad SMARTS) is 1. The van der Waals surface area contributed by atoms with Gasteiger partial charge in [-0.1, -0.05) is 17.7 Å². The Labute approximate surface area is 147 Å². The monoisotopic (exact) mass is 363 g/mol. The first-order valence-electron chi connectivity index (χ1n) is 7.72. The summed E-state index contributed by atoms with van der Waals surface area (Å²) in [5.74, 6) is -0.479. The lowest BCUT2D eigenvalue weighted by Crippen LogP contribution is -2.40. The molecule has 0 aromatic heterocycles. The second kappa shape index (κ2) is 7.57. The van der Waals surface area contributed by atoms with Gasteiger partial charge in [-0.3, -0.25) is 9.10 Å². The van der Waals surface area contributed by atoms with Crippen molar-refractivity contribution in [3.05, 3.63) is 54.1 Å². The van der Waals surface area contributed by atoms with Crippen molar-refractivity contribution in [1.29, 1.82) is 0 Å². The SMILES string of the molecule is COc1ccc(N(C(C)CC(=O)O)S(=O)(=O)c2ccc(C)cc2)cc1. The van der Waals surface area contributed by atoms with Crippen LogP contribution in [0.3, 0.4) is 0 Å². The van der Waals surface area contributed by atoms with Crippen LogP contribution in [0.25, 0.3) is 0 Å². The van der Waals surface area contributed by atoms with E-state index in [-0.39, 0.29) is 11.3 Å². The second-order valence-corrected chi connectivity index (χ2v) is 7.57. The summed E-state index contributed by atoms with van der Waals surface area (Å²) in [5.41, 5.74) is 1.32. The largest absolute Gasteiger partial charge is 0.497 e. The van der Waals surface area contributed by atoms with Crippen LogP contribution in [0.2, 0.25) is 0 Å². The van der Waals surface area contributed by atoms with E-state index in [4.69, 9.17) is 9.84 Å². The van der Waals surface area contributed by atoms with E-state index in [1.54, 1.807) is 43.3 Å². The predicted molar refractivity (Wildman–Crippen MR) is 95.6 cm³/mol. The Bertz CT molecular complexity index is 829. The van der Waals surface area contributed by atoms with Crippen molar-refractivity contribution in [2.75, 3.05) is 11.4 Å². The molecule has 0 saturated carbocycles. The van der Waals surface area contributed by atoms with Crippen molar-refractivity contribution in [3.8, 4) is 5.75 Å². The van der Waals surface area contributed by atoms with Gasteiger partial charge in [-0.25, -0.2) is 8.42 Å². The lowest BCUT2D eigenvalue weighted by Gasteiger charge is -2.30. The number of carbonyl (C=O) groups is 1. The van der Waals surface area contributed by atoms with Crippen molar-refractivity contribution in [1.82, 2.24) is 0 Å². The van der Waals surface area contributed by atoms with Crippen LogP contribution in [-0.2, 0) is 14.8 Å². The van der Waals surface area contributed by atoms with Crippen molar-refractivity contribution in [2.45, 2.75) is 31.2 Å². The molecule has 0 spiro atoms. The molecule has 0 aliphatic carbocycles. The minimum Gasteiger partial charge on any atom is -0.497 e. The summed E-state index contributed by atoms with van der Waals surface area (Å²) in [7, 11) is -2.39. The molecule has 0 bridgehead atoms. The first-order chi connectivity index (χ1) is 11.8. The number of nitrogens with zero attached hydrogens (tertiary/aromatic N) is 1. The van der Waals surface area contributed by atoms with Gasteiger partial charge in [0.2, 0.25) is 0 Å². The summed E-state index contributed by atoms with van der Waals surface area (Å²) in [4.78, 5) is 11.2. The topological polar surface area (TPSA) is 83.9 Å². The fourth-order valence-electron chi connectivity index (χ4n) is 2.52. The third-order valence-electron chi connectivity index (χ3n) is 3.78. The van der Waals surface area contributed by atoms with E-state index in [0.29, 0.717) is 11.4 Å². The molecule has 2 rings (SSSR count). The Morgan fingerprint density at radius 2 is 1.68 bits per heavy atom. The second-order valence-electron chi connectivity index (χ2n) is 5.76. The number of sulfonamides is 1. The fraction of sp³-hybridized carbons (Fsp3) is 0.278. The average Bonchev–Trinajstić information content (AvgIpc) is 2.55. The number of aryl methyl sites for hydroxylation is 1. The van der Waals surface area contributed by atoms with Crippen LogP contribution in [0.15, 0.2) is 53.4 Å². The van der Waals surface area contributed by atoms with Gasteiger partial charge in [0.25, 0.3) is 10.0 Å². The summed E-state index contributed by atoms with van der Waals surface area (Å²) < 4.78 is 32.5. The molecule has 0 amide bonds. The summed E-state index contributed by atoms with van der Waals surface area (Å²) in [5, 5.41) is 9.09. The lowest BCUT2D eigenvalue weighted by molar-refractivity contribution is -0.137. The summed E-state index contributed by atoms with van der Waals surface area (Å²) in [6.45, 7) is 3.44. The molecule has 1 unspecified atom stereocenters. The number of ether oxygens (including phenoxy) is 1.